The Labute approximate surface area is 258 Å². The molecule has 0 bridgehead atoms. The maximum absolute atomic E-state index is 13.1. The highest BCUT2D eigenvalue weighted by Crippen LogP contribution is 2.30. The second kappa shape index (κ2) is 13.3. The number of fused-ring (bicyclic) bond motifs is 1. The molecule has 0 atom stereocenters. The normalized spacial score (nSPS) is 16.0. The van der Waals surface area contributed by atoms with Crippen LogP contribution in [0.4, 0.5) is 10.2 Å². The minimum absolute atomic E-state index is 0.0167. The predicted molar refractivity (Wildman–Crippen MR) is 174 cm³/mol. The van der Waals surface area contributed by atoms with Gasteiger partial charge in [0.05, 0.1) is 5.52 Å². The summed E-state index contributed by atoms with van der Waals surface area (Å²) in [6.45, 7) is 7.14. The van der Waals surface area contributed by atoms with Gasteiger partial charge in [0.2, 0.25) is 5.91 Å². The van der Waals surface area contributed by atoms with Gasteiger partial charge < -0.3 is 16.4 Å². The molecule has 4 aromatic rings. The summed E-state index contributed by atoms with van der Waals surface area (Å²) in [6.07, 6.45) is 3.36. The number of amides is 2. The largest absolute Gasteiger partial charge is 0.383 e. The van der Waals surface area contributed by atoms with Gasteiger partial charge in [-0.3, -0.25) is 9.59 Å². The van der Waals surface area contributed by atoms with Crippen molar-refractivity contribution in [2.75, 3.05) is 12.3 Å². The third kappa shape index (κ3) is 8.02. The number of halogens is 1. The van der Waals surface area contributed by atoms with Gasteiger partial charge in [-0.25, -0.2) is 9.37 Å². The van der Waals surface area contributed by atoms with Gasteiger partial charge in [-0.2, -0.15) is 0 Å². The quantitative estimate of drug-likeness (QED) is 0.200. The monoisotopic (exact) mass is 590 g/mol. The van der Waals surface area contributed by atoms with Crippen LogP contribution >= 0.6 is 0 Å². The number of carbonyl (C=O) groups excluding carboxylic acids is 2. The zero-order valence-electron chi connectivity index (χ0n) is 25.5. The number of benzene rings is 3. The Balaban J connectivity index is 1.23. The number of nitrogens with two attached hydrogens (primary N) is 1. The van der Waals surface area contributed by atoms with Gasteiger partial charge in [0.25, 0.3) is 5.91 Å². The molecule has 3 aromatic carbocycles. The Bertz CT molecular complexity index is 1720. The van der Waals surface area contributed by atoms with Gasteiger partial charge in [-0.15, -0.1) is 0 Å². The van der Waals surface area contributed by atoms with Gasteiger partial charge in [0, 0.05) is 41.4 Å². The van der Waals surface area contributed by atoms with E-state index < -0.39 is 0 Å². The third-order valence-electron chi connectivity index (χ3n) is 7.97. The predicted octanol–water partition coefficient (Wildman–Crippen LogP) is 6.67. The molecule has 1 aliphatic rings. The van der Waals surface area contributed by atoms with Crippen LogP contribution < -0.4 is 16.4 Å². The molecule has 44 heavy (non-hydrogen) atoms. The fourth-order valence-corrected chi connectivity index (χ4v) is 5.26. The van der Waals surface area contributed by atoms with E-state index in [0.717, 1.165) is 52.4 Å². The van der Waals surface area contributed by atoms with Gasteiger partial charge in [0.15, 0.2) is 0 Å². The molecule has 7 heteroatoms. The summed E-state index contributed by atoms with van der Waals surface area (Å²) < 4.78 is 13.1. The maximum Gasteiger partial charge on any atom is 0.251 e. The van der Waals surface area contributed by atoms with E-state index in [9.17, 15) is 14.0 Å². The summed E-state index contributed by atoms with van der Waals surface area (Å²) in [5, 5.41) is 6.97. The number of nitrogens with one attached hydrogen (secondary N) is 2. The van der Waals surface area contributed by atoms with Crippen molar-refractivity contribution in [3.63, 3.8) is 0 Å². The number of rotatable bonds is 8. The molecular weight excluding hydrogens is 551 g/mol. The number of hydrogen-bond donors (Lipinski definition) is 3. The smallest absolute Gasteiger partial charge is 0.251 e. The van der Waals surface area contributed by atoms with Crippen molar-refractivity contribution in [2.45, 2.75) is 58.9 Å². The van der Waals surface area contributed by atoms with Crippen LogP contribution in [0, 0.1) is 29.0 Å². The number of aromatic nitrogens is 1. The lowest BCUT2D eigenvalue weighted by atomic mass is 9.80. The number of pyridine rings is 1. The van der Waals surface area contributed by atoms with E-state index in [1.807, 2.05) is 36.4 Å². The summed E-state index contributed by atoms with van der Waals surface area (Å²) in [4.78, 5) is 29.4. The van der Waals surface area contributed by atoms with Crippen molar-refractivity contribution in [1.82, 2.24) is 15.6 Å². The maximum atomic E-state index is 13.1. The van der Waals surface area contributed by atoms with Crippen LogP contribution in [-0.2, 0) is 11.2 Å². The van der Waals surface area contributed by atoms with E-state index in [1.54, 1.807) is 0 Å². The van der Waals surface area contributed by atoms with Crippen LogP contribution in [0.1, 0.15) is 67.9 Å². The summed E-state index contributed by atoms with van der Waals surface area (Å²) in [5.74, 6) is 6.86. The molecule has 0 saturated heterocycles. The molecule has 1 saturated carbocycles. The van der Waals surface area contributed by atoms with E-state index in [4.69, 9.17) is 5.73 Å². The van der Waals surface area contributed by atoms with Crippen molar-refractivity contribution < 1.29 is 14.0 Å². The topological polar surface area (TPSA) is 97.1 Å². The first-order valence-corrected chi connectivity index (χ1v) is 15.2. The molecule has 1 aliphatic carbocycles. The third-order valence-corrected chi connectivity index (χ3v) is 7.97. The van der Waals surface area contributed by atoms with Crippen LogP contribution in [0.3, 0.4) is 0 Å². The molecule has 0 unspecified atom stereocenters. The second-order valence-corrected chi connectivity index (χ2v) is 12.8. The Morgan fingerprint density at radius 2 is 1.77 bits per heavy atom. The SMILES string of the molecule is CC(C)(C)CCNC(=O)CCc1cc2cc(-c3ccccc3C#CC3CC(NC(=O)c4ccc(F)cc4)C3)ccc2nc1N. The zero-order valence-corrected chi connectivity index (χ0v) is 25.5. The van der Waals surface area contributed by atoms with Gasteiger partial charge in [-0.05, 0) is 96.3 Å². The lowest BCUT2D eigenvalue weighted by Crippen LogP contribution is -2.43. The Kier molecular flexibility index (Phi) is 9.29. The number of carbonyl (C=O) groups is 2. The van der Waals surface area contributed by atoms with E-state index in [2.05, 4.69) is 60.4 Å². The molecule has 1 heterocycles. The number of nitrogens with zero attached hydrogens (tertiary/aromatic N) is 1. The highest BCUT2D eigenvalue weighted by molar-refractivity contribution is 5.94. The van der Waals surface area contributed by atoms with E-state index in [0.29, 0.717) is 30.8 Å². The Morgan fingerprint density at radius 1 is 1.02 bits per heavy atom. The molecular formula is C37H39FN4O2. The Hall–Kier alpha value is -4.70. The minimum atomic E-state index is -0.362. The molecule has 0 radical (unpaired) electrons. The van der Waals surface area contributed by atoms with Crippen LogP contribution in [0.15, 0.2) is 72.8 Å². The highest BCUT2D eigenvalue weighted by atomic mass is 19.1. The van der Waals surface area contributed by atoms with E-state index in [1.165, 1.54) is 24.3 Å². The molecule has 0 spiro atoms. The van der Waals surface area contributed by atoms with Crippen LogP contribution in [-0.4, -0.2) is 29.4 Å². The van der Waals surface area contributed by atoms with E-state index in [-0.39, 0.29) is 35.0 Å². The minimum Gasteiger partial charge on any atom is -0.383 e. The molecule has 6 nitrogen and oxygen atoms in total. The Morgan fingerprint density at radius 3 is 2.52 bits per heavy atom. The van der Waals surface area contributed by atoms with Gasteiger partial charge in [-0.1, -0.05) is 56.9 Å². The van der Waals surface area contributed by atoms with E-state index >= 15 is 0 Å². The average molecular weight is 591 g/mol. The number of anilines is 1. The van der Waals surface area contributed by atoms with Crippen molar-refractivity contribution in [3.8, 4) is 23.0 Å². The summed E-state index contributed by atoms with van der Waals surface area (Å²) >= 11 is 0. The van der Waals surface area contributed by atoms with Gasteiger partial charge >= 0.3 is 0 Å². The molecule has 1 aromatic heterocycles. The first-order chi connectivity index (χ1) is 21.0. The fourth-order valence-electron chi connectivity index (χ4n) is 5.26. The molecule has 0 aliphatic heterocycles. The van der Waals surface area contributed by atoms with Crippen LogP contribution in [0.2, 0.25) is 0 Å². The van der Waals surface area contributed by atoms with Gasteiger partial charge in [0.1, 0.15) is 11.6 Å². The van der Waals surface area contributed by atoms with Crippen LogP contribution in [0.5, 0.6) is 0 Å². The number of nitrogen functional groups attached to an aromatic ring is 1. The second-order valence-electron chi connectivity index (χ2n) is 12.8. The highest BCUT2D eigenvalue weighted by Gasteiger charge is 2.29. The zero-order chi connectivity index (χ0) is 31.3. The van der Waals surface area contributed by atoms with Crippen molar-refractivity contribution in [2.24, 2.45) is 11.3 Å². The number of aryl methyl sites for hydroxylation is 1. The molecule has 2 amide bonds. The fraction of sp³-hybridized carbons (Fsp3) is 0.324. The number of hydrogen-bond acceptors (Lipinski definition) is 4. The molecule has 226 valence electrons. The lowest BCUT2D eigenvalue weighted by Gasteiger charge is -2.32. The lowest BCUT2D eigenvalue weighted by molar-refractivity contribution is -0.121. The molecule has 4 N–H and O–H groups in total. The summed E-state index contributed by atoms with van der Waals surface area (Å²) in [7, 11) is 0. The molecule has 1 fully saturated rings. The first kappa shape index (κ1) is 30.7. The summed E-state index contributed by atoms with van der Waals surface area (Å²) in [6, 6.07) is 21.8. The van der Waals surface area contributed by atoms with Crippen LogP contribution in [0.25, 0.3) is 22.0 Å². The first-order valence-electron chi connectivity index (χ1n) is 15.2. The average Bonchev–Trinajstić information content (AvgIpc) is 2.96. The standard InChI is InChI=1S/C37H39FN4O2/c1-37(2,3)18-19-40-34(43)17-13-28-23-29-22-27(12-16-33(29)42-35(28)39)32-7-5-4-6-25(32)9-8-24-20-31(21-24)41-36(44)26-10-14-30(38)15-11-26/h4-7,10-12,14-16,22-24,31H,13,17-21H2,1-3H3,(H2,39,42)(H,40,43)(H,41,44). The van der Waals surface area contributed by atoms with Crippen molar-refractivity contribution >= 4 is 28.5 Å². The summed E-state index contributed by atoms with van der Waals surface area (Å²) in [5.41, 5.74) is 11.5. The van der Waals surface area contributed by atoms with Crippen molar-refractivity contribution in [1.29, 1.82) is 0 Å². The molecule has 5 rings (SSSR count). The van der Waals surface area contributed by atoms with Crippen molar-refractivity contribution in [3.05, 3.63) is 95.3 Å².